The molecule has 1 amide bonds. The van der Waals surface area contributed by atoms with Gasteiger partial charge < -0.3 is 9.80 Å². The number of hydrogen-bond acceptors (Lipinski definition) is 5. The fourth-order valence-corrected chi connectivity index (χ4v) is 6.28. The molecule has 2 aromatic heterocycles. The average Bonchev–Trinajstić information content (AvgIpc) is 3.46. The first kappa shape index (κ1) is 19.7. The largest absolute Gasteiger partial charge is 0.366 e. The van der Waals surface area contributed by atoms with Gasteiger partial charge in [0.2, 0.25) is 5.91 Å². The number of rotatable bonds is 4. The van der Waals surface area contributed by atoms with Crippen molar-refractivity contribution in [3.63, 3.8) is 0 Å². The van der Waals surface area contributed by atoms with Crippen molar-refractivity contribution in [2.75, 3.05) is 44.2 Å². The number of anilines is 1. The first-order chi connectivity index (χ1) is 14.7. The summed E-state index contributed by atoms with van der Waals surface area (Å²) in [7, 11) is 0. The maximum absolute atomic E-state index is 14.1. The lowest BCUT2D eigenvalue weighted by Crippen LogP contribution is -2.52. The van der Waals surface area contributed by atoms with Gasteiger partial charge in [0.05, 0.1) is 18.3 Å². The molecule has 0 N–H and O–H groups in total. The monoisotopic (exact) mass is 441 g/mol. The molecule has 2 aliphatic heterocycles. The SMILES string of the molecule is O=C(CN1CCc2sccc2C1c1cccs1)N1CCN(c2ccccc2F)CC1. The van der Waals surface area contributed by atoms with E-state index in [1.54, 1.807) is 17.4 Å². The number of piperazine rings is 1. The van der Waals surface area contributed by atoms with E-state index in [9.17, 15) is 9.18 Å². The Kier molecular flexibility index (Phi) is 5.58. The molecule has 0 bridgehead atoms. The van der Waals surface area contributed by atoms with Crippen molar-refractivity contribution < 1.29 is 9.18 Å². The normalized spacial score (nSPS) is 19.7. The van der Waals surface area contributed by atoms with Gasteiger partial charge in [0.15, 0.2) is 0 Å². The number of para-hydroxylation sites is 1. The molecule has 3 aromatic rings. The van der Waals surface area contributed by atoms with Crippen LogP contribution in [0.2, 0.25) is 0 Å². The Bertz CT molecular complexity index is 1010. The van der Waals surface area contributed by atoms with E-state index in [1.165, 1.54) is 21.4 Å². The van der Waals surface area contributed by atoms with Gasteiger partial charge in [0, 0.05) is 42.5 Å². The van der Waals surface area contributed by atoms with Crippen LogP contribution in [0.1, 0.15) is 21.4 Å². The van der Waals surface area contributed by atoms with Gasteiger partial charge in [-0.15, -0.1) is 22.7 Å². The van der Waals surface area contributed by atoms with Crippen molar-refractivity contribution in [1.29, 1.82) is 0 Å². The second kappa shape index (κ2) is 8.49. The molecule has 1 saturated heterocycles. The van der Waals surface area contributed by atoms with Gasteiger partial charge in [-0.1, -0.05) is 18.2 Å². The molecule has 1 fully saturated rings. The molecule has 7 heteroatoms. The fraction of sp³-hybridized carbons (Fsp3) is 0.348. The number of fused-ring (bicyclic) bond motifs is 1. The van der Waals surface area contributed by atoms with Crippen LogP contribution >= 0.6 is 22.7 Å². The third-order valence-electron chi connectivity index (χ3n) is 6.04. The highest BCUT2D eigenvalue weighted by Crippen LogP contribution is 2.39. The number of halogens is 1. The van der Waals surface area contributed by atoms with Crippen LogP contribution in [0.5, 0.6) is 0 Å². The van der Waals surface area contributed by atoms with E-state index in [4.69, 9.17) is 0 Å². The molecule has 5 rings (SSSR count). The quantitative estimate of drug-likeness (QED) is 0.606. The van der Waals surface area contributed by atoms with E-state index in [-0.39, 0.29) is 17.8 Å². The Balaban J connectivity index is 1.26. The second-order valence-electron chi connectivity index (χ2n) is 7.76. The molecular weight excluding hydrogens is 417 g/mol. The summed E-state index contributed by atoms with van der Waals surface area (Å²) in [6.45, 7) is 3.92. The van der Waals surface area contributed by atoms with Crippen LogP contribution in [-0.4, -0.2) is 55.0 Å². The minimum Gasteiger partial charge on any atom is -0.366 e. The van der Waals surface area contributed by atoms with E-state index >= 15 is 0 Å². The number of thiophene rings is 2. The summed E-state index contributed by atoms with van der Waals surface area (Å²) in [5.74, 6) is -0.0284. The summed E-state index contributed by atoms with van der Waals surface area (Å²) in [6.07, 6.45) is 1.00. The molecule has 0 radical (unpaired) electrons. The van der Waals surface area contributed by atoms with Gasteiger partial charge in [0.1, 0.15) is 5.82 Å². The first-order valence-corrected chi connectivity index (χ1v) is 12.1. The fourth-order valence-electron chi connectivity index (χ4n) is 4.50. The van der Waals surface area contributed by atoms with Gasteiger partial charge >= 0.3 is 0 Å². The summed E-state index contributed by atoms with van der Waals surface area (Å²) < 4.78 is 14.1. The summed E-state index contributed by atoms with van der Waals surface area (Å²) in [5, 5.41) is 4.27. The van der Waals surface area contributed by atoms with Crippen molar-refractivity contribution in [3.05, 3.63) is 74.4 Å². The standard InChI is InChI=1S/C23H24FN3OS2/c24-18-4-1-2-5-19(18)25-10-12-26(13-11-25)22(28)16-27-9-7-20-17(8-15-30-20)23(27)21-6-3-14-29-21/h1-6,8,14-15,23H,7,9-13,16H2. The number of nitrogens with zero attached hydrogens (tertiary/aromatic N) is 3. The molecule has 2 aliphatic rings. The lowest BCUT2D eigenvalue weighted by Gasteiger charge is -2.39. The third-order valence-corrected chi connectivity index (χ3v) is 7.96. The predicted molar refractivity (Wildman–Crippen MR) is 121 cm³/mol. The Morgan fingerprint density at radius 2 is 1.80 bits per heavy atom. The zero-order valence-corrected chi connectivity index (χ0v) is 18.3. The van der Waals surface area contributed by atoms with Gasteiger partial charge in [-0.05, 0) is 47.0 Å². The lowest BCUT2D eigenvalue weighted by atomic mass is 9.98. The minimum absolute atomic E-state index is 0.170. The smallest absolute Gasteiger partial charge is 0.236 e. The van der Waals surface area contributed by atoms with E-state index in [0.717, 1.165) is 13.0 Å². The molecule has 1 atom stereocenters. The molecule has 0 aliphatic carbocycles. The summed E-state index contributed by atoms with van der Waals surface area (Å²) in [4.78, 5) is 22.2. The summed E-state index contributed by atoms with van der Waals surface area (Å²) >= 11 is 3.58. The number of carbonyl (C=O) groups is 1. The van der Waals surface area contributed by atoms with E-state index < -0.39 is 0 Å². The van der Waals surface area contributed by atoms with Crippen molar-refractivity contribution in [3.8, 4) is 0 Å². The summed E-state index contributed by atoms with van der Waals surface area (Å²) in [5.41, 5.74) is 1.98. The van der Waals surface area contributed by atoms with Crippen LogP contribution in [-0.2, 0) is 11.2 Å². The molecule has 0 spiro atoms. The molecule has 30 heavy (non-hydrogen) atoms. The Hall–Kier alpha value is -2.22. The van der Waals surface area contributed by atoms with Crippen molar-refractivity contribution >= 4 is 34.3 Å². The highest BCUT2D eigenvalue weighted by Gasteiger charge is 2.33. The molecule has 156 valence electrons. The second-order valence-corrected chi connectivity index (χ2v) is 9.74. The maximum Gasteiger partial charge on any atom is 0.236 e. The van der Waals surface area contributed by atoms with Crippen LogP contribution in [0, 0.1) is 5.82 Å². The first-order valence-electron chi connectivity index (χ1n) is 10.3. The van der Waals surface area contributed by atoms with E-state index in [0.29, 0.717) is 38.4 Å². The van der Waals surface area contributed by atoms with Crippen LogP contribution in [0.3, 0.4) is 0 Å². The number of amides is 1. The molecule has 1 unspecified atom stereocenters. The third kappa shape index (κ3) is 3.77. The van der Waals surface area contributed by atoms with Gasteiger partial charge in [-0.25, -0.2) is 4.39 Å². The topological polar surface area (TPSA) is 26.8 Å². The van der Waals surface area contributed by atoms with E-state index in [2.05, 4.69) is 33.9 Å². The number of hydrogen-bond donors (Lipinski definition) is 0. The van der Waals surface area contributed by atoms with Gasteiger partial charge in [0.25, 0.3) is 0 Å². The summed E-state index contributed by atoms with van der Waals surface area (Å²) in [6, 6.07) is 13.5. The zero-order chi connectivity index (χ0) is 20.5. The zero-order valence-electron chi connectivity index (χ0n) is 16.7. The molecule has 1 aromatic carbocycles. The average molecular weight is 442 g/mol. The highest BCUT2D eigenvalue weighted by atomic mass is 32.1. The predicted octanol–water partition coefficient (Wildman–Crippen LogP) is 4.25. The van der Waals surface area contributed by atoms with Gasteiger partial charge in [-0.2, -0.15) is 0 Å². The van der Waals surface area contributed by atoms with E-state index in [1.807, 2.05) is 33.3 Å². The lowest BCUT2D eigenvalue weighted by molar-refractivity contribution is -0.133. The maximum atomic E-state index is 14.1. The van der Waals surface area contributed by atoms with Gasteiger partial charge in [-0.3, -0.25) is 9.69 Å². The van der Waals surface area contributed by atoms with Crippen LogP contribution in [0.25, 0.3) is 0 Å². The molecule has 4 nitrogen and oxygen atoms in total. The molecular formula is C23H24FN3OS2. The van der Waals surface area contributed by atoms with Crippen molar-refractivity contribution in [2.45, 2.75) is 12.5 Å². The Morgan fingerprint density at radius 1 is 0.967 bits per heavy atom. The van der Waals surface area contributed by atoms with Crippen molar-refractivity contribution in [1.82, 2.24) is 9.80 Å². The van der Waals surface area contributed by atoms with Crippen LogP contribution < -0.4 is 4.90 Å². The minimum atomic E-state index is -0.198. The van der Waals surface area contributed by atoms with Crippen molar-refractivity contribution in [2.24, 2.45) is 0 Å². The molecule has 0 saturated carbocycles. The Labute approximate surface area is 184 Å². The number of carbonyl (C=O) groups excluding carboxylic acids is 1. The van der Waals surface area contributed by atoms with Crippen LogP contribution in [0.4, 0.5) is 10.1 Å². The number of benzene rings is 1. The van der Waals surface area contributed by atoms with Crippen LogP contribution in [0.15, 0.2) is 53.2 Å². The molecule has 4 heterocycles. The highest BCUT2D eigenvalue weighted by molar-refractivity contribution is 7.10. The Morgan fingerprint density at radius 3 is 2.57 bits per heavy atom.